The quantitative estimate of drug-likeness (QED) is 0.817. The van der Waals surface area contributed by atoms with E-state index in [-0.39, 0.29) is 36.2 Å². The van der Waals surface area contributed by atoms with Crippen molar-refractivity contribution < 1.29 is 14.4 Å². The Bertz CT molecular complexity index is 904. The second kappa shape index (κ2) is 6.54. The van der Waals surface area contributed by atoms with Gasteiger partial charge in [-0.3, -0.25) is 14.5 Å². The molecule has 0 spiro atoms. The van der Waals surface area contributed by atoms with Gasteiger partial charge in [0.2, 0.25) is 11.8 Å². The Hall–Kier alpha value is -3.15. The van der Waals surface area contributed by atoms with E-state index in [9.17, 15) is 14.4 Å². The van der Waals surface area contributed by atoms with Gasteiger partial charge in [-0.25, -0.2) is 4.79 Å². The monoisotopic (exact) mass is 363 g/mol. The predicted octanol–water partition coefficient (Wildman–Crippen LogP) is 3.46. The van der Waals surface area contributed by atoms with Crippen LogP contribution >= 0.6 is 0 Å². The van der Waals surface area contributed by atoms with Crippen LogP contribution in [-0.4, -0.2) is 17.8 Å². The highest BCUT2D eigenvalue weighted by Crippen LogP contribution is 2.45. The number of hydrogen-bond acceptors (Lipinski definition) is 3. The molecule has 2 N–H and O–H groups in total. The van der Waals surface area contributed by atoms with Crippen LogP contribution in [0.1, 0.15) is 36.8 Å². The third-order valence-corrected chi connectivity index (χ3v) is 5.18. The summed E-state index contributed by atoms with van der Waals surface area (Å²) in [6, 6.07) is 14.9. The van der Waals surface area contributed by atoms with Crippen LogP contribution in [0.5, 0.6) is 0 Å². The molecule has 4 rings (SSSR count). The Balaban J connectivity index is 1.46. The van der Waals surface area contributed by atoms with Gasteiger partial charge in [0.1, 0.15) is 0 Å². The number of carbonyl (C=O) groups is 3. The van der Waals surface area contributed by atoms with Crippen LogP contribution < -0.4 is 15.5 Å². The highest BCUT2D eigenvalue weighted by Gasteiger charge is 2.45. The molecule has 6 nitrogen and oxygen atoms in total. The Morgan fingerprint density at radius 2 is 1.67 bits per heavy atom. The fourth-order valence-electron chi connectivity index (χ4n) is 3.58. The number of nitrogens with one attached hydrogen (secondary N) is 2. The Morgan fingerprint density at radius 1 is 1.00 bits per heavy atom. The van der Waals surface area contributed by atoms with Crippen LogP contribution in [-0.2, 0) is 15.1 Å². The van der Waals surface area contributed by atoms with Crippen molar-refractivity contribution in [1.29, 1.82) is 0 Å². The van der Waals surface area contributed by atoms with E-state index in [0.717, 1.165) is 24.0 Å². The van der Waals surface area contributed by atoms with Gasteiger partial charge in [-0.15, -0.1) is 0 Å². The summed E-state index contributed by atoms with van der Waals surface area (Å²) in [5.74, 6) is -0.361. The molecule has 1 aliphatic carbocycles. The van der Waals surface area contributed by atoms with Crippen molar-refractivity contribution in [3.8, 4) is 0 Å². The van der Waals surface area contributed by atoms with Crippen LogP contribution in [0.25, 0.3) is 0 Å². The predicted molar refractivity (Wildman–Crippen MR) is 102 cm³/mol. The van der Waals surface area contributed by atoms with Gasteiger partial charge in [-0.05, 0) is 49.1 Å². The van der Waals surface area contributed by atoms with Gasteiger partial charge in [0.05, 0.1) is 11.2 Å². The van der Waals surface area contributed by atoms with Crippen molar-refractivity contribution in [3.05, 3.63) is 59.7 Å². The van der Waals surface area contributed by atoms with Gasteiger partial charge in [-0.1, -0.05) is 30.3 Å². The zero-order chi connectivity index (χ0) is 19.0. The number of amides is 4. The van der Waals surface area contributed by atoms with Crippen LogP contribution in [0.2, 0.25) is 0 Å². The number of nitrogens with zero attached hydrogens (tertiary/aromatic N) is 1. The zero-order valence-electron chi connectivity index (χ0n) is 15.1. The Labute approximate surface area is 157 Å². The van der Waals surface area contributed by atoms with Gasteiger partial charge < -0.3 is 10.6 Å². The molecule has 2 aromatic rings. The molecule has 2 aliphatic rings. The standard InChI is InChI=1S/C21H21N3O3/c1-14-13-16(7-8-17(14)24-18(25)9-10-19(24)26)22-20(27)23-21(11-12-21)15-5-3-2-4-6-15/h2-8,13H,9-12H2,1H3,(H2,22,23,27). The van der Waals surface area contributed by atoms with E-state index < -0.39 is 0 Å². The van der Waals surface area contributed by atoms with E-state index in [1.54, 1.807) is 18.2 Å². The fraction of sp³-hybridized carbons (Fsp3) is 0.286. The van der Waals surface area contributed by atoms with Gasteiger partial charge in [-0.2, -0.15) is 0 Å². The summed E-state index contributed by atoms with van der Waals surface area (Å²) in [5, 5.41) is 5.92. The molecule has 6 heteroatoms. The second-order valence-corrected chi connectivity index (χ2v) is 7.15. The van der Waals surface area contributed by atoms with Crippen LogP contribution in [0.4, 0.5) is 16.2 Å². The van der Waals surface area contributed by atoms with Gasteiger partial charge in [0.25, 0.3) is 0 Å². The third kappa shape index (κ3) is 3.30. The van der Waals surface area contributed by atoms with E-state index >= 15 is 0 Å². The maximum atomic E-state index is 12.5. The summed E-state index contributed by atoms with van der Waals surface area (Å²) >= 11 is 0. The number of imide groups is 1. The SMILES string of the molecule is Cc1cc(NC(=O)NC2(c3ccccc3)CC2)ccc1N1C(=O)CCC1=O. The first-order valence-corrected chi connectivity index (χ1v) is 9.10. The summed E-state index contributed by atoms with van der Waals surface area (Å²) in [7, 11) is 0. The average Bonchev–Trinajstić information content (AvgIpc) is 3.35. The van der Waals surface area contributed by atoms with Crippen molar-refractivity contribution >= 4 is 29.2 Å². The molecule has 2 fully saturated rings. The lowest BCUT2D eigenvalue weighted by Crippen LogP contribution is -2.38. The summed E-state index contributed by atoms with van der Waals surface area (Å²) in [5.41, 5.74) is 2.79. The number of hydrogen-bond donors (Lipinski definition) is 2. The number of benzene rings is 2. The number of anilines is 2. The molecular formula is C21H21N3O3. The van der Waals surface area contributed by atoms with Crippen molar-refractivity contribution in [1.82, 2.24) is 5.32 Å². The minimum Gasteiger partial charge on any atom is -0.328 e. The first-order chi connectivity index (χ1) is 13.0. The minimum atomic E-state index is -0.283. The van der Waals surface area contributed by atoms with Gasteiger partial charge in [0, 0.05) is 18.5 Å². The van der Waals surface area contributed by atoms with E-state index in [1.807, 2.05) is 37.3 Å². The first kappa shape index (κ1) is 17.3. The lowest BCUT2D eigenvalue weighted by molar-refractivity contribution is -0.121. The summed E-state index contributed by atoms with van der Waals surface area (Å²) in [4.78, 5) is 37.5. The third-order valence-electron chi connectivity index (χ3n) is 5.18. The van der Waals surface area contributed by atoms with E-state index in [1.165, 1.54) is 4.90 Å². The number of urea groups is 1. The summed E-state index contributed by atoms with van der Waals surface area (Å²) in [6.07, 6.45) is 2.34. The molecule has 1 aliphatic heterocycles. The summed E-state index contributed by atoms with van der Waals surface area (Å²) < 4.78 is 0. The van der Waals surface area contributed by atoms with Crippen LogP contribution in [0.3, 0.4) is 0 Å². The molecule has 27 heavy (non-hydrogen) atoms. The highest BCUT2D eigenvalue weighted by molar-refractivity contribution is 6.20. The van der Waals surface area contributed by atoms with Crippen molar-refractivity contribution in [2.45, 2.75) is 38.1 Å². The largest absolute Gasteiger partial charge is 0.328 e. The molecule has 2 aromatic carbocycles. The Morgan fingerprint density at radius 3 is 2.26 bits per heavy atom. The molecule has 0 aromatic heterocycles. The molecule has 0 unspecified atom stereocenters. The molecule has 1 saturated heterocycles. The smallest absolute Gasteiger partial charge is 0.319 e. The molecule has 0 atom stereocenters. The van der Waals surface area contributed by atoms with E-state index in [2.05, 4.69) is 10.6 Å². The lowest BCUT2D eigenvalue weighted by Gasteiger charge is -2.20. The minimum absolute atomic E-state index is 0.180. The average molecular weight is 363 g/mol. The number of rotatable bonds is 4. The lowest BCUT2D eigenvalue weighted by atomic mass is 10.1. The molecule has 4 amide bonds. The molecule has 0 radical (unpaired) electrons. The molecule has 1 saturated carbocycles. The number of carbonyl (C=O) groups excluding carboxylic acids is 3. The maximum Gasteiger partial charge on any atom is 0.319 e. The van der Waals surface area contributed by atoms with Gasteiger partial charge in [0.15, 0.2) is 0 Å². The van der Waals surface area contributed by atoms with Crippen molar-refractivity contribution in [2.24, 2.45) is 0 Å². The van der Waals surface area contributed by atoms with E-state index in [0.29, 0.717) is 11.4 Å². The van der Waals surface area contributed by atoms with Gasteiger partial charge >= 0.3 is 6.03 Å². The highest BCUT2D eigenvalue weighted by atomic mass is 16.2. The molecular weight excluding hydrogens is 342 g/mol. The zero-order valence-corrected chi connectivity index (χ0v) is 15.1. The summed E-state index contributed by atoms with van der Waals surface area (Å²) in [6.45, 7) is 1.82. The molecule has 1 heterocycles. The van der Waals surface area contributed by atoms with Crippen LogP contribution in [0.15, 0.2) is 48.5 Å². The van der Waals surface area contributed by atoms with Crippen molar-refractivity contribution in [2.75, 3.05) is 10.2 Å². The van der Waals surface area contributed by atoms with E-state index in [4.69, 9.17) is 0 Å². The number of aryl methyl sites for hydroxylation is 1. The van der Waals surface area contributed by atoms with Crippen LogP contribution in [0, 0.1) is 6.92 Å². The van der Waals surface area contributed by atoms with Crippen molar-refractivity contribution in [3.63, 3.8) is 0 Å². The topological polar surface area (TPSA) is 78.5 Å². The normalized spacial score (nSPS) is 17.7. The second-order valence-electron chi connectivity index (χ2n) is 7.15. The first-order valence-electron chi connectivity index (χ1n) is 9.10. The maximum absolute atomic E-state index is 12.5. The molecule has 138 valence electrons. The molecule has 0 bridgehead atoms. The fourth-order valence-corrected chi connectivity index (χ4v) is 3.58. The Kier molecular flexibility index (Phi) is 4.18.